The van der Waals surface area contributed by atoms with E-state index in [0.717, 1.165) is 25.7 Å². The van der Waals surface area contributed by atoms with Crippen LogP contribution in [0.2, 0.25) is 0 Å². The molecule has 2 N–H and O–H groups in total. The molecule has 0 amide bonds. The number of imidazole rings is 1. The van der Waals surface area contributed by atoms with Crippen molar-refractivity contribution in [3.8, 4) is 0 Å². The van der Waals surface area contributed by atoms with E-state index in [-0.39, 0.29) is 10.6 Å². The first-order valence-electron chi connectivity index (χ1n) is 6.09. The minimum Gasteiger partial charge on any atom is -0.332 e. The predicted octanol–water partition coefficient (Wildman–Crippen LogP) is 1.58. The molecular formula is C11H19N3O2S. The summed E-state index contributed by atoms with van der Waals surface area (Å²) in [6.07, 6.45) is 5.88. The minimum absolute atomic E-state index is 0.175. The van der Waals surface area contributed by atoms with Gasteiger partial charge in [0.2, 0.25) is 0 Å². The van der Waals surface area contributed by atoms with Crippen molar-refractivity contribution in [2.75, 3.05) is 0 Å². The lowest BCUT2D eigenvalue weighted by Crippen LogP contribution is -2.52. The summed E-state index contributed by atoms with van der Waals surface area (Å²) in [6.45, 7) is 3.95. The Balaban J connectivity index is 2.18. The third-order valence-electron chi connectivity index (χ3n) is 3.57. The fourth-order valence-corrected chi connectivity index (χ4v) is 3.60. The second-order valence-electron chi connectivity index (χ2n) is 4.64. The van der Waals surface area contributed by atoms with E-state index in [1.54, 1.807) is 0 Å². The fourth-order valence-electron chi connectivity index (χ4n) is 2.13. The number of aryl methyl sites for hydroxylation is 1. The van der Waals surface area contributed by atoms with Gasteiger partial charge >= 0.3 is 0 Å². The number of nitrogens with one attached hydrogen (secondary N) is 2. The van der Waals surface area contributed by atoms with Gasteiger partial charge in [0.05, 0.1) is 6.20 Å². The topological polar surface area (TPSA) is 74.8 Å². The smallest absolute Gasteiger partial charge is 0.258 e. The van der Waals surface area contributed by atoms with Crippen LogP contribution in [0.3, 0.4) is 0 Å². The summed E-state index contributed by atoms with van der Waals surface area (Å²) >= 11 is 0. The molecule has 1 heterocycles. The highest BCUT2D eigenvalue weighted by Gasteiger charge is 2.39. The standard InChI is InChI=1S/C11H19N3O2S/c1-3-9-12-8-10(13-9)17(15,16)14-11(4-2)6-5-7-11/h8,14H,3-7H2,1-2H3,(H,12,13). The van der Waals surface area contributed by atoms with Crippen LogP contribution in [-0.2, 0) is 16.4 Å². The molecule has 1 aromatic heterocycles. The number of hydrogen-bond acceptors (Lipinski definition) is 3. The summed E-state index contributed by atoms with van der Waals surface area (Å²) in [5.41, 5.74) is -0.226. The molecule has 1 fully saturated rings. The average molecular weight is 257 g/mol. The zero-order chi connectivity index (χ0) is 12.5. The van der Waals surface area contributed by atoms with Crippen molar-refractivity contribution < 1.29 is 8.42 Å². The lowest BCUT2D eigenvalue weighted by Gasteiger charge is -2.41. The van der Waals surface area contributed by atoms with Gasteiger partial charge in [0.25, 0.3) is 10.0 Å². The Morgan fingerprint density at radius 3 is 2.59 bits per heavy atom. The van der Waals surface area contributed by atoms with Gasteiger partial charge in [-0.3, -0.25) is 0 Å². The van der Waals surface area contributed by atoms with Gasteiger partial charge in [-0.25, -0.2) is 18.1 Å². The van der Waals surface area contributed by atoms with Crippen LogP contribution in [0.4, 0.5) is 0 Å². The van der Waals surface area contributed by atoms with Crippen LogP contribution in [0, 0.1) is 0 Å². The molecule has 0 bridgehead atoms. The SMILES string of the molecule is CCc1ncc(S(=O)(=O)NC2(CC)CCC2)[nH]1. The maximum atomic E-state index is 12.1. The molecule has 0 radical (unpaired) electrons. The third kappa shape index (κ3) is 2.37. The molecule has 0 atom stereocenters. The quantitative estimate of drug-likeness (QED) is 0.841. The van der Waals surface area contributed by atoms with Crippen molar-refractivity contribution in [1.82, 2.24) is 14.7 Å². The lowest BCUT2D eigenvalue weighted by atomic mass is 9.76. The highest BCUT2D eigenvalue weighted by Crippen LogP contribution is 2.35. The van der Waals surface area contributed by atoms with Crippen LogP contribution in [0.25, 0.3) is 0 Å². The summed E-state index contributed by atoms with van der Waals surface area (Å²) in [7, 11) is -3.45. The number of nitrogens with zero attached hydrogens (tertiary/aromatic N) is 1. The molecule has 2 rings (SSSR count). The van der Waals surface area contributed by atoms with Crippen molar-refractivity contribution in [3.05, 3.63) is 12.0 Å². The number of rotatable bonds is 5. The van der Waals surface area contributed by atoms with E-state index in [1.165, 1.54) is 6.20 Å². The molecule has 0 aromatic carbocycles. The number of aromatic nitrogens is 2. The van der Waals surface area contributed by atoms with Crippen LogP contribution in [-0.4, -0.2) is 23.9 Å². The van der Waals surface area contributed by atoms with E-state index >= 15 is 0 Å². The number of hydrogen-bond donors (Lipinski definition) is 2. The second kappa shape index (κ2) is 4.42. The van der Waals surface area contributed by atoms with Gasteiger partial charge in [0.1, 0.15) is 5.82 Å². The van der Waals surface area contributed by atoms with Gasteiger partial charge < -0.3 is 4.98 Å². The first-order valence-corrected chi connectivity index (χ1v) is 7.57. The Morgan fingerprint density at radius 1 is 1.47 bits per heavy atom. The molecule has 1 aromatic rings. The van der Waals surface area contributed by atoms with Crippen LogP contribution in [0.1, 0.15) is 45.4 Å². The van der Waals surface area contributed by atoms with E-state index in [9.17, 15) is 8.42 Å². The molecule has 6 heteroatoms. The zero-order valence-electron chi connectivity index (χ0n) is 10.3. The molecule has 5 nitrogen and oxygen atoms in total. The van der Waals surface area contributed by atoms with Crippen molar-refractivity contribution >= 4 is 10.0 Å². The monoisotopic (exact) mass is 257 g/mol. The summed E-state index contributed by atoms with van der Waals surface area (Å²) < 4.78 is 27.1. The summed E-state index contributed by atoms with van der Waals surface area (Å²) in [6, 6.07) is 0. The van der Waals surface area contributed by atoms with Gasteiger partial charge in [0, 0.05) is 12.0 Å². The summed E-state index contributed by atoms with van der Waals surface area (Å²) in [5.74, 6) is 0.699. The average Bonchev–Trinajstić information content (AvgIpc) is 2.72. The summed E-state index contributed by atoms with van der Waals surface area (Å²) in [4.78, 5) is 6.86. The van der Waals surface area contributed by atoms with E-state index in [4.69, 9.17) is 0 Å². The van der Waals surface area contributed by atoms with Crippen LogP contribution in [0.15, 0.2) is 11.2 Å². The lowest BCUT2D eigenvalue weighted by molar-refractivity contribution is 0.213. The highest BCUT2D eigenvalue weighted by molar-refractivity contribution is 7.89. The van der Waals surface area contributed by atoms with Crippen LogP contribution < -0.4 is 4.72 Å². The number of H-pyrrole nitrogens is 1. The van der Waals surface area contributed by atoms with Crippen LogP contribution >= 0.6 is 0 Å². The van der Waals surface area contributed by atoms with Gasteiger partial charge in [-0.2, -0.15) is 0 Å². The van der Waals surface area contributed by atoms with Crippen molar-refractivity contribution in [2.24, 2.45) is 0 Å². The highest BCUT2D eigenvalue weighted by atomic mass is 32.2. The summed E-state index contributed by atoms with van der Waals surface area (Å²) in [5, 5.41) is 0.175. The Morgan fingerprint density at radius 2 is 2.18 bits per heavy atom. The Kier molecular flexibility index (Phi) is 3.27. The first kappa shape index (κ1) is 12.6. The fraction of sp³-hybridized carbons (Fsp3) is 0.727. The number of aromatic amines is 1. The molecular weight excluding hydrogens is 238 g/mol. The molecule has 96 valence electrons. The third-order valence-corrected chi connectivity index (χ3v) is 5.06. The normalized spacial score (nSPS) is 18.9. The minimum atomic E-state index is -3.45. The maximum Gasteiger partial charge on any atom is 0.258 e. The van der Waals surface area contributed by atoms with Gasteiger partial charge in [-0.05, 0) is 25.7 Å². The molecule has 0 unspecified atom stereocenters. The molecule has 0 aliphatic heterocycles. The molecule has 0 saturated heterocycles. The van der Waals surface area contributed by atoms with Gasteiger partial charge in [-0.1, -0.05) is 13.8 Å². The van der Waals surface area contributed by atoms with E-state index in [1.807, 2.05) is 13.8 Å². The molecule has 1 saturated carbocycles. The van der Waals surface area contributed by atoms with E-state index in [2.05, 4.69) is 14.7 Å². The predicted molar refractivity (Wildman–Crippen MR) is 65.2 cm³/mol. The van der Waals surface area contributed by atoms with Crippen molar-refractivity contribution in [1.29, 1.82) is 0 Å². The zero-order valence-corrected chi connectivity index (χ0v) is 11.1. The van der Waals surface area contributed by atoms with Gasteiger partial charge in [0.15, 0.2) is 5.03 Å². The Hall–Kier alpha value is -0.880. The van der Waals surface area contributed by atoms with Crippen molar-refractivity contribution in [3.63, 3.8) is 0 Å². The Labute approximate surface area is 102 Å². The molecule has 0 spiro atoms. The second-order valence-corrected chi connectivity index (χ2v) is 6.29. The van der Waals surface area contributed by atoms with Crippen LogP contribution in [0.5, 0.6) is 0 Å². The maximum absolute atomic E-state index is 12.1. The van der Waals surface area contributed by atoms with Crippen molar-refractivity contribution in [2.45, 2.75) is 56.5 Å². The first-order chi connectivity index (χ1) is 8.01. The Bertz CT molecular complexity index is 483. The number of sulfonamides is 1. The molecule has 1 aliphatic rings. The molecule has 1 aliphatic carbocycles. The molecule has 17 heavy (non-hydrogen) atoms. The van der Waals surface area contributed by atoms with Gasteiger partial charge in [-0.15, -0.1) is 0 Å². The van der Waals surface area contributed by atoms with E-state index < -0.39 is 10.0 Å². The largest absolute Gasteiger partial charge is 0.332 e. The van der Waals surface area contributed by atoms with E-state index in [0.29, 0.717) is 12.2 Å².